The molecule has 1 N–H and O–H groups in total. The van der Waals surface area contributed by atoms with E-state index in [1.54, 1.807) is 12.3 Å². The van der Waals surface area contributed by atoms with Crippen LogP contribution in [-0.4, -0.2) is 17.4 Å². The second kappa shape index (κ2) is 5.68. The van der Waals surface area contributed by atoms with Crippen LogP contribution in [0, 0.1) is 4.91 Å². The number of carbonyl (C=O) groups is 1. The van der Waals surface area contributed by atoms with Gasteiger partial charge in [-0.1, -0.05) is 17.2 Å². The van der Waals surface area contributed by atoms with Gasteiger partial charge in [0.1, 0.15) is 11.5 Å². The number of benzene rings is 1. The third kappa shape index (κ3) is 2.27. The molecular weight excluding hydrogens is 320 g/mol. The van der Waals surface area contributed by atoms with E-state index in [0.29, 0.717) is 30.8 Å². The number of hydrogen-bond donors (Lipinski definition) is 1. The number of nitrogens with zero attached hydrogens (tertiary/aromatic N) is 5. The van der Waals surface area contributed by atoms with Crippen LogP contribution in [-0.2, 0) is 29.5 Å². The maximum absolute atomic E-state index is 12.7. The molecule has 8 heteroatoms. The van der Waals surface area contributed by atoms with Crippen LogP contribution in [0.1, 0.15) is 22.3 Å². The van der Waals surface area contributed by atoms with Gasteiger partial charge in [-0.3, -0.25) is 4.79 Å². The summed E-state index contributed by atoms with van der Waals surface area (Å²) in [6, 6.07) is 7.42. The van der Waals surface area contributed by atoms with E-state index >= 15 is 0 Å². The molecule has 0 saturated heterocycles. The number of nitroso groups, excluding NO2 is 1. The Kier molecular flexibility index (Phi) is 3.47. The number of carbonyl (C=O) groups excluding carboxylic acids is 1. The Bertz CT molecular complexity index is 950. The fraction of sp³-hybridized carbons (Fsp3) is 0.294. The van der Waals surface area contributed by atoms with Crippen molar-refractivity contribution in [2.24, 2.45) is 10.3 Å². The molecule has 25 heavy (non-hydrogen) atoms. The van der Waals surface area contributed by atoms with Crippen molar-refractivity contribution >= 4 is 17.4 Å². The van der Waals surface area contributed by atoms with Gasteiger partial charge in [-0.2, -0.15) is 0 Å². The standard InChI is InChI=1S/C17H14N6O2/c18-23-20-5-3-10-6-11-8-17(9-12(11)7-14(10)22-25)13-2-1-4-19-15(13)21-16(17)24/h1-2,4,6-7H,3,5,8-9H2,(H,19,21,24). The van der Waals surface area contributed by atoms with Crippen molar-refractivity contribution in [1.82, 2.24) is 4.98 Å². The number of nitrogens with one attached hydrogen (secondary N) is 1. The molecular formula is C17H14N6O2. The number of amides is 1. The highest BCUT2D eigenvalue weighted by molar-refractivity contribution is 6.06. The summed E-state index contributed by atoms with van der Waals surface area (Å²) in [5.41, 5.74) is 11.7. The normalized spacial score (nSPS) is 19.9. The monoisotopic (exact) mass is 334 g/mol. The van der Waals surface area contributed by atoms with E-state index in [2.05, 4.69) is 25.5 Å². The van der Waals surface area contributed by atoms with Gasteiger partial charge in [-0.15, -0.1) is 4.91 Å². The summed E-state index contributed by atoms with van der Waals surface area (Å²) in [6.07, 6.45) is 3.17. The lowest BCUT2D eigenvalue weighted by Crippen LogP contribution is -2.35. The number of hydrogen-bond acceptors (Lipinski definition) is 5. The highest BCUT2D eigenvalue weighted by Crippen LogP contribution is 2.47. The molecule has 0 radical (unpaired) electrons. The van der Waals surface area contributed by atoms with E-state index in [9.17, 15) is 9.70 Å². The Morgan fingerprint density at radius 1 is 1.32 bits per heavy atom. The van der Waals surface area contributed by atoms with E-state index in [-0.39, 0.29) is 12.5 Å². The van der Waals surface area contributed by atoms with E-state index in [4.69, 9.17) is 5.53 Å². The lowest BCUT2D eigenvalue weighted by Gasteiger charge is -2.20. The molecule has 1 aromatic heterocycles. The Labute approximate surface area is 142 Å². The molecule has 1 aliphatic carbocycles. The molecule has 1 spiro atoms. The maximum atomic E-state index is 12.7. The molecule has 1 aromatic carbocycles. The minimum atomic E-state index is -0.671. The van der Waals surface area contributed by atoms with Crippen LogP contribution in [0.5, 0.6) is 0 Å². The zero-order chi connectivity index (χ0) is 17.4. The summed E-state index contributed by atoms with van der Waals surface area (Å²) in [5, 5.41) is 9.48. The van der Waals surface area contributed by atoms with Crippen LogP contribution in [0.3, 0.4) is 0 Å². The highest BCUT2D eigenvalue weighted by atomic mass is 16.3. The van der Waals surface area contributed by atoms with Crippen LogP contribution < -0.4 is 5.32 Å². The first-order valence-electron chi connectivity index (χ1n) is 7.94. The number of anilines is 1. The zero-order valence-electron chi connectivity index (χ0n) is 13.3. The smallest absolute Gasteiger partial charge is 0.237 e. The van der Waals surface area contributed by atoms with Gasteiger partial charge in [-0.05, 0) is 58.8 Å². The first kappa shape index (κ1) is 15.3. The van der Waals surface area contributed by atoms with Gasteiger partial charge in [-0.25, -0.2) is 4.98 Å². The van der Waals surface area contributed by atoms with Crippen LogP contribution >= 0.6 is 0 Å². The van der Waals surface area contributed by atoms with Gasteiger partial charge < -0.3 is 5.32 Å². The van der Waals surface area contributed by atoms with Gasteiger partial charge in [0, 0.05) is 23.2 Å². The highest BCUT2D eigenvalue weighted by Gasteiger charge is 2.51. The van der Waals surface area contributed by atoms with Crippen LogP contribution in [0.4, 0.5) is 11.5 Å². The minimum Gasteiger partial charge on any atom is -0.310 e. The molecule has 1 atom stereocenters. The summed E-state index contributed by atoms with van der Waals surface area (Å²) in [5.74, 6) is 0.547. The van der Waals surface area contributed by atoms with Gasteiger partial charge in [0.2, 0.25) is 5.91 Å². The quantitative estimate of drug-likeness (QED) is 0.399. The molecule has 1 unspecified atom stereocenters. The Balaban J connectivity index is 1.75. The van der Waals surface area contributed by atoms with Gasteiger partial charge >= 0.3 is 0 Å². The Morgan fingerprint density at radius 3 is 2.88 bits per heavy atom. The summed E-state index contributed by atoms with van der Waals surface area (Å²) < 4.78 is 0. The predicted molar refractivity (Wildman–Crippen MR) is 91.6 cm³/mol. The minimum absolute atomic E-state index is 0.0614. The van der Waals surface area contributed by atoms with Crippen molar-refractivity contribution in [3.05, 3.63) is 68.1 Å². The first-order chi connectivity index (χ1) is 12.2. The average Bonchev–Trinajstić information content (AvgIpc) is 3.13. The predicted octanol–water partition coefficient (Wildman–Crippen LogP) is 3.32. The molecule has 0 saturated carbocycles. The van der Waals surface area contributed by atoms with Crippen LogP contribution in [0.15, 0.2) is 40.8 Å². The molecule has 1 aliphatic heterocycles. The number of fused-ring (bicyclic) bond motifs is 3. The van der Waals surface area contributed by atoms with Crippen molar-refractivity contribution in [2.75, 3.05) is 11.9 Å². The van der Waals surface area contributed by atoms with E-state index in [0.717, 1.165) is 22.3 Å². The lowest BCUT2D eigenvalue weighted by molar-refractivity contribution is -0.120. The SMILES string of the molecule is [N-]=[N+]=NCCc1cc2c(cc1N=O)CC1(C2)C(=O)Nc2ncccc21. The second-order valence-electron chi connectivity index (χ2n) is 6.33. The van der Waals surface area contributed by atoms with Gasteiger partial charge in [0.05, 0.1) is 5.41 Å². The van der Waals surface area contributed by atoms with Crippen molar-refractivity contribution in [3.63, 3.8) is 0 Å². The maximum Gasteiger partial charge on any atom is 0.237 e. The molecule has 2 aliphatic rings. The van der Waals surface area contributed by atoms with Crippen LogP contribution in [0.25, 0.3) is 10.4 Å². The van der Waals surface area contributed by atoms with Crippen molar-refractivity contribution in [1.29, 1.82) is 0 Å². The summed E-state index contributed by atoms with van der Waals surface area (Å²) in [7, 11) is 0. The number of pyridine rings is 1. The summed E-state index contributed by atoms with van der Waals surface area (Å²) in [4.78, 5) is 30.8. The third-order valence-corrected chi connectivity index (χ3v) is 5.02. The molecule has 4 rings (SSSR count). The van der Waals surface area contributed by atoms with E-state index in [1.807, 2.05) is 18.2 Å². The van der Waals surface area contributed by atoms with Crippen LogP contribution in [0.2, 0.25) is 0 Å². The fourth-order valence-electron chi connectivity index (χ4n) is 3.86. The summed E-state index contributed by atoms with van der Waals surface area (Å²) >= 11 is 0. The first-order valence-corrected chi connectivity index (χ1v) is 7.94. The Hall–Kier alpha value is -3.25. The van der Waals surface area contributed by atoms with Crippen molar-refractivity contribution in [2.45, 2.75) is 24.7 Å². The van der Waals surface area contributed by atoms with E-state index in [1.165, 1.54) is 0 Å². The molecule has 8 nitrogen and oxygen atoms in total. The van der Waals surface area contributed by atoms with Gasteiger partial charge in [0.15, 0.2) is 0 Å². The molecule has 0 bridgehead atoms. The number of aromatic nitrogens is 1. The average molecular weight is 334 g/mol. The third-order valence-electron chi connectivity index (χ3n) is 5.02. The topological polar surface area (TPSA) is 120 Å². The second-order valence-corrected chi connectivity index (χ2v) is 6.33. The van der Waals surface area contributed by atoms with Crippen molar-refractivity contribution < 1.29 is 4.79 Å². The largest absolute Gasteiger partial charge is 0.310 e. The van der Waals surface area contributed by atoms with E-state index < -0.39 is 5.41 Å². The molecule has 0 fully saturated rings. The molecule has 1 amide bonds. The molecule has 124 valence electrons. The molecule has 2 aromatic rings. The Morgan fingerprint density at radius 2 is 2.12 bits per heavy atom. The lowest BCUT2D eigenvalue weighted by atomic mass is 9.79. The molecule has 2 heterocycles. The van der Waals surface area contributed by atoms with Gasteiger partial charge in [0.25, 0.3) is 0 Å². The van der Waals surface area contributed by atoms with Crippen molar-refractivity contribution in [3.8, 4) is 0 Å². The fourth-order valence-corrected chi connectivity index (χ4v) is 3.86. The number of azide groups is 1. The summed E-state index contributed by atoms with van der Waals surface area (Å²) in [6.45, 7) is 0.260. The zero-order valence-corrected chi connectivity index (χ0v) is 13.3. The number of rotatable bonds is 4.